The molecular formula is C33H36F4N4O7S. The third kappa shape index (κ3) is 7.89. The number of unbranched alkanes of at least 4 members (excludes halogenated alkanes) is 1. The number of methoxy groups -OCH3 is 1. The zero-order chi connectivity index (χ0) is 35.5. The topological polar surface area (TPSA) is 146 Å². The highest BCUT2D eigenvalue weighted by atomic mass is 32.2. The first kappa shape index (κ1) is 35.8. The van der Waals surface area contributed by atoms with Crippen LogP contribution in [0.25, 0.3) is 0 Å². The first-order valence-corrected chi connectivity index (χ1v) is 17.3. The van der Waals surface area contributed by atoms with Gasteiger partial charge >= 0.3 is 11.5 Å². The summed E-state index contributed by atoms with van der Waals surface area (Å²) in [6, 6.07) is 5.71. The van der Waals surface area contributed by atoms with Gasteiger partial charge in [0, 0.05) is 30.4 Å². The number of alkyl halides is 3. The van der Waals surface area contributed by atoms with Crippen molar-refractivity contribution < 1.29 is 49.8 Å². The minimum atomic E-state index is -5.63. The van der Waals surface area contributed by atoms with Gasteiger partial charge in [-0.3, -0.25) is 19.1 Å². The Morgan fingerprint density at radius 2 is 1.86 bits per heavy atom. The van der Waals surface area contributed by atoms with Crippen LogP contribution in [0.4, 0.5) is 23.2 Å². The third-order valence-electron chi connectivity index (χ3n) is 8.98. The van der Waals surface area contributed by atoms with E-state index >= 15 is 4.39 Å². The van der Waals surface area contributed by atoms with Crippen molar-refractivity contribution in [3.05, 3.63) is 71.3 Å². The Balaban J connectivity index is 1.30. The molecule has 264 valence electrons. The number of carbonyl (C=O) groups is 3. The molecule has 16 heteroatoms. The number of fused-ring (bicyclic) bond motifs is 2. The van der Waals surface area contributed by atoms with Crippen molar-refractivity contribution in [1.29, 1.82) is 0 Å². The van der Waals surface area contributed by atoms with Crippen molar-refractivity contribution in [2.45, 2.75) is 68.4 Å². The minimum absolute atomic E-state index is 0.0257. The number of esters is 1. The average molecular weight is 709 g/mol. The number of halogens is 4. The maximum atomic E-state index is 15.2. The molecule has 2 fully saturated rings. The lowest BCUT2D eigenvalue weighted by Gasteiger charge is -2.31. The van der Waals surface area contributed by atoms with Gasteiger partial charge in [-0.1, -0.05) is 19.4 Å². The molecule has 2 N–H and O–H groups in total. The van der Waals surface area contributed by atoms with E-state index in [1.54, 1.807) is 6.20 Å². The SMILES string of the molecule is CCCCOC(=O)Cn1cc(Cc2cc(C(=O)N[C@@H]3[C@H]4CC[C@H](C4)[C@@H]3C(=O)Nc3cccc(S(=O)(=O)C(F)(F)F)c3)c(OC)cc2F)cn1. The minimum Gasteiger partial charge on any atom is -0.496 e. The van der Waals surface area contributed by atoms with Crippen LogP contribution in [-0.4, -0.2) is 61.2 Å². The van der Waals surface area contributed by atoms with Gasteiger partial charge in [-0.15, -0.1) is 0 Å². The van der Waals surface area contributed by atoms with Gasteiger partial charge in [-0.2, -0.15) is 18.3 Å². The third-order valence-corrected chi connectivity index (χ3v) is 10.5. The first-order valence-electron chi connectivity index (χ1n) is 15.8. The fourth-order valence-corrected chi connectivity index (χ4v) is 7.41. The van der Waals surface area contributed by atoms with Crippen molar-refractivity contribution >= 4 is 33.3 Å². The van der Waals surface area contributed by atoms with Crippen molar-refractivity contribution in [2.24, 2.45) is 17.8 Å². The van der Waals surface area contributed by atoms with E-state index in [0.29, 0.717) is 25.0 Å². The lowest BCUT2D eigenvalue weighted by Crippen LogP contribution is -2.48. The van der Waals surface area contributed by atoms with Crippen molar-refractivity contribution in [3.8, 4) is 5.75 Å². The highest BCUT2D eigenvalue weighted by Crippen LogP contribution is 2.49. The summed E-state index contributed by atoms with van der Waals surface area (Å²) in [6.07, 6.45) is 6.80. The maximum Gasteiger partial charge on any atom is 0.501 e. The summed E-state index contributed by atoms with van der Waals surface area (Å²) < 4.78 is 90.1. The molecule has 3 aromatic rings. The Kier molecular flexibility index (Phi) is 10.6. The van der Waals surface area contributed by atoms with Gasteiger partial charge in [-0.25, -0.2) is 12.8 Å². The molecular weight excluding hydrogens is 672 g/mol. The van der Waals surface area contributed by atoms with Gasteiger partial charge < -0.3 is 20.1 Å². The summed E-state index contributed by atoms with van der Waals surface area (Å²) in [5.41, 5.74) is -4.88. The molecule has 2 saturated carbocycles. The molecule has 49 heavy (non-hydrogen) atoms. The number of anilines is 1. The van der Waals surface area contributed by atoms with Crippen LogP contribution in [0, 0.1) is 23.6 Å². The summed E-state index contributed by atoms with van der Waals surface area (Å²) in [7, 11) is -4.34. The second-order valence-electron chi connectivity index (χ2n) is 12.3. The number of hydrogen-bond donors (Lipinski definition) is 2. The normalized spacial score (nSPS) is 20.2. The molecule has 4 atom stereocenters. The Morgan fingerprint density at radius 3 is 2.57 bits per heavy atom. The number of sulfone groups is 1. The number of benzene rings is 2. The predicted molar refractivity (Wildman–Crippen MR) is 168 cm³/mol. The molecule has 0 aliphatic heterocycles. The fraction of sp³-hybridized carbons (Fsp3) is 0.455. The number of amides is 2. The smallest absolute Gasteiger partial charge is 0.496 e. The van der Waals surface area contributed by atoms with Crippen LogP contribution in [0.5, 0.6) is 5.75 Å². The van der Waals surface area contributed by atoms with E-state index < -0.39 is 55.8 Å². The molecule has 0 spiro atoms. The quantitative estimate of drug-likeness (QED) is 0.143. The molecule has 0 saturated heterocycles. The van der Waals surface area contributed by atoms with Gasteiger partial charge in [0.05, 0.1) is 36.3 Å². The molecule has 2 aromatic carbocycles. The molecule has 0 radical (unpaired) electrons. The zero-order valence-corrected chi connectivity index (χ0v) is 27.6. The van der Waals surface area contributed by atoms with E-state index in [4.69, 9.17) is 9.47 Å². The number of nitrogens with zero attached hydrogens (tertiary/aromatic N) is 2. The number of hydrogen-bond acceptors (Lipinski definition) is 8. The molecule has 2 amide bonds. The van der Waals surface area contributed by atoms with Crippen LogP contribution in [0.15, 0.2) is 53.7 Å². The fourth-order valence-electron chi connectivity index (χ4n) is 6.60. The summed E-state index contributed by atoms with van der Waals surface area (Å²) in [6.45, 7) is 2.17. The monoisotopic (exact) mass is 708 g/mol. The molecule has 2 aliphatic rings. The molecule has 0 unspecified atom stereocenters. The standard InChI is InChI=1S/C33H36F4N4O7S/c1-3-4-10-48-28(42)18-41-17-19(16-38-41)11-22-13-25(27(47-2)15-26(22)34)31(43)40-30-21-9-8-20(12-21)29(30)32(44)39-23-6-5-7-24(14-23)49(45,46)33(35,36)37/h5-7,13-17,20-21,29-30H,3-4,8-12,18H2,1-2H3,(H,39,44)(H,40,43)/t20-,21+,29+,30-/m1/s1. The molecule has 2 bridgehead atoms. The van der Waals surface area contributed by atoms with E-state index in [0.717, 1.165) is 43.5 Å². The zero-order valence-electron chi connectivity index (χ0n) is 26.8. The van der Waals surface area contributed by atoms with Crippen LogP contribution >= 0.6 is 0 Å². The average Bonchev–Trinajstić information content (AvgIpc) is 3.78. The summed E-state index contributed by atoms with van der Waals surface area (Å²) in [5.74, 6) is -3.24. The van der Waals surface area contributed by atoms with E-state index in [1.807, 2.05) is 6.92 Å². The second-order valence-corrected chi connectivity index (χ2v) is 14.2. The molecule has 2 aliphatic carbocycles. The van der Waals surface area contributed by atoms with E-state index in [-0.39, 0.29) is 47.4 Å². The molecule has 5 rings (SSSR count). The summed E-state index contributed by atoms with van der Waals surface area (Å²) in [4.78, 5) is 38.2. The lowest BCUT2D eigenvalue weighted by molar-refractivity contribution is -0.144. The van der Waals surface area contributed by atoms with Gasteiger partial charge in [0.25, 0.3) is 15.7 Å². The predicted octanol–water partition coefficient (Wildman–Crippen LogP) is 5.04. The molecule has 1 heterocycles. The first-order chi connectivity index (χ1) is 23.2. The Bertz CT molecular complexity index is 1830. The van der Waals surface area contributed by atoms with Crippen molar-refractivity contribution in [3.63, 3.8) is 0 Å². The van der Waals surface area contributed by atoms with E-state index in [1.165, 1.54) is 30.1 Å². The van der Waals surface area contributed by atoms with Crippen molar-refractivity contribution in [1.82, 2.24) is 15.1 Å². The van der Waals surface area contributed by atoms with Crippen LogP contribution in [0.1, 0.15) is 60.5 Å². The van der Waals surface area contributed by atoms with Crippen molar-refractivity contribution in [2.75, 3.05) is 19.0 Å². The van der Waals surface area contributed by atoms with Gasteiger partial charge in [-0.05, 0) is 72.9 Å². The molecule has 11 nitrogen and oxygen atoms in total. The second kappa shape index (κ2) is 14.6. The lowest BCUT2D eigenvalue weighted by atomic mass is 9.83. The van der Waals surface area contributed by atoms with Crippen LogP contribution in [0.2, 0.25) is 0 Å². The van der Waals surface area contributed by atoms with Gasteiger partial charge in [0.1, 0.15) is 18.1 Å². The molecule has 1 aromatic heterocycles. The number of nitrogens with one attached hydrogen (secondary N) is 2. The van der Waals surface area contributed by atoms with Crippen LogP contribution in [-0.2, 0) is 37.1 Å². The Morgan fingerprint density at radius 1 is 1.10 bits per heavy atom. The largest absolute Gasteiger partial charge is 0.501 e. The highest BCUT2D eigenvalue weighted by molar-refractivity contribution is 7.92. The Labute approximate surface area is 280 Å². The number of rotatable bonds is 13. The van der Waals surface area contributed by atoms with E-state index in [9.17, 15) is 36.0 Å². The number of carbonyl (C=O) groups excluding carboxylic acids is 3. The van der Waals surface area contributed by atoms with Gasteiger partial charge in [0.15, 0.2) is 0 Å². The van der Waals surface area contributed by atoms with Gasteiger partial charge in [0.2, 0.25) is 5.91 Å². The van der Waals surface area contributed by atoms with Crippen LogP contribution in [0.3, 0.4) is 0 Å². The summed E-state index contributed by atoms with van der Waals surface area (Å²) in [5, 5.41) is 9.60. The van der Waals surface area contributed by atoms with Crippen LogP contribution < -0.4 is 15.4 Å². The number of aromatic nitrogens is 2. The Hall–Kier alpha value is -4.47. The number of ether oxygens (including phenoxy) is 2. The summed E-state index contributed by atoms with van der Waals surface area (Å²) >= 11 is 0. The maximum absolute atomic E-state index is 15.2. The highest BCUT2D eigenvalue weighted by Gasteiger charge is 2.52. The van der Waals surface area contributed by atoms with E-state index in [2.05, 4.69) is 15.7 Å².